The molecule has 6 rings (SSSR count). The van der Waals surface area contributed by atoms with Crippen molar-refractivity contribution in [2.24, 2.45) is 0 Å². The number of benzene rings is 5. The molecule has 0 radical (unpaired) electrons. The van der Waals surface area contributed by atoms with Crippen LogP contribution in [0.15, 0.2) is 127 Å². The Morgan fingerprint density at radius 2 is 1.26 bits per heavy atom. The molecule has 2 N–H and O–H groups in total. The van der Waals surface area contributed by atoms with Gasteiger partial charge in [0.15, 0.2) is 11.6 Å². The second-order valence-electron chi connectivity index (χ2n) is 12.2. The molecule has 50 heavy (non-hydrogen) atoms. The molecule has 0 bridgehead atoms. The number of aliphatic hydroxyl groups excluding tert-OH is 1. The van der Waals surface area contributed by atoms with Gasteiger partial charge in [0.1, 0.15) is 24.4 Å². The van der Waals surface area contributed by atoms with Gasteiger partial charge in [-0.25, -0.2) is 4.39 Å². The van der Waals surface area contributed by atoms with Crippen molar-refractivity contribution < 1.29 is 38.3 Å². The maximum Gasteiger partial charge on any atom is 0.225 e. The van der Waals surface area contributed by atoms with Crippen molar-refractivity contribution in [1.29, 1.82) is 0 Å². The average molecular weight is 699 g/mol. The van der Waals surface area contributed by atoms with E-state index in [2.05, 4.69) is 0 Å². The summed E-state index contributed by atoms with van der Waals surface area (Å²) < 4.78 is 47.5. The largest absolute Gasteiger partial charge is 0.505 e. The van der Waals surface area contributed by atoms with E-state index in [1.54, 1.807) is 18.2 Å². The Morgan fingerprint density at radius 3 is 1.80 bits per heavy atom. The standard InChI is InChI=1S/C41H40ClFO7/c1-46-41(33-18-19-34(42)32(23-33)21-31-17-20-36(45)35(43)22-31)40(49-27-30-15-9-4-10-16-30)39(48-26-29-13-7-3-8-14-29)38(37(24-44)50-41)47-25-28-11-5-2-6-12-28/h2-20,22-23,37-40,44-45H,21,24-27H2,1H3/t37-,38-,39+,40-,41+/m1/s1. The number of hydrogen-bond donors (Lipinski definition) is 2. The number of aromatic hydroxyl groups is 1. The number of ether oxygens (including phenoxy) is 5. The molecule has 5 atom stereocenters. The quantitative estimate of drug-likeness (QED) is 0.123. The summed E-state index contributed by atoms with van der Waals surface area (Å²) in [4.78, 5) is 0. The van der Waals surface area contributed by atoms with Crippen molar-refractivity contribution in [2.75, 3.05) is 13.7 Å². The highest BCUT2D eigenvalue weighted by molar-refractivity contribution is 6.31. The molecule has 5 aromatic carbocycles. The van der Waals surface area contributed by atoms with Gasteiger partial charge in [-0.2, -0.15) is 0 Å². The van der Waals surface area contributed by atoms with Crippen molar-refractivity contribution in [2.45, 2.75) is 56.4 Å². The Labute approximate surface area is 296 Å². The smallest absolute Gasteiger partial charge is 0.225 e. The van der Waals surface area contributed by atoms with E-state index in [0.29, 0.717) is 21.7 Å². The molecule has 1 aliphatic rings. The lowest BCUT2D eigenvalue weighted by molar-refractivity contribution is -0.384. The number of rotatable bonds is 14. The molecular formula is C41H40ClFO7. The van der Waals surface area contributed by atoms with Gasteiger partial charge in [-0.1, -0.05) is 115 Å². The summed E-state index contributed by atoms with van der Waals surface area (Å²) in [6.45, 7) is 0.288. The van der Waals surface area contributed by atoms with Gasteiger partial charge in [-0.3, -0.25) is 0 Å². The predicted octanol–water partition coefficient (Wildman–Crippen LogP) is 7.72. The van der Waals surface area contributed by atoms with Gasteiger partial charge in [-0.05, 0) is 58.5 Å². The van der Waals surface area contributed by atoms with Crippen LogP contribution in [0.3, 0.4) is 0 Å². The van der Waals surface area contributed by atoms with Crippen molar-refractivity contribution in [3.05, 3.63) is 172 Å². The van der Waals surface area contributed by atoms with E-state index in [1.165, 1.54) is 19.2 Å². The van der Waals surface area contributed by atoms with E-state index >= 15 is 0 Å². The molecule has 9 heteroatoms. The van der Waals surface area contributed by atoms with E-state index in [9.17, 15) is 14.6 Å². The second-order valence-corrected chi connectivity index (χ2v) is 12.6. The molecule has 0 amide bonds. The van der Waals surface area contributed by atoms with Crippen LogP contribution in [0.4, 0.5) is 4.39 Å². The van der Waals surface area contributed by atoms with Crippen LogP contribution in [0.2, 0.25) is 5.02 Å². The molecule has 1 heterocycles. The van der Waals surface area contributed by atoms with Crippen molar-refractivity contribution in [3.8, 4) is 5.75 Å². The molecular weight excluding hydrogens is 659 g/mol. The third-order valence-corrected chi connectivity index (χ3v) is 9.24. The molecule has 0 unspecified atom stereocenters. The summed E-state index contributed by atoms with van der Waals surface area (Å²) in [5, 5.41) is 21.0. The van der Waals surface area contributed by atoms with Gasteiger partial charge >= 0.3 is 0 Å². The Morgan fingerprint density at radius 1 is 0.700 bits per heavy atom. The number of halogens is 2. The monoisotopic (exact) mass is 698 g/mol. The number of hydrogen-bond acceptors (Lipinski definition) is 7. The molecule has 1 aliphatic heterocycles. The maximum atomic E-state index is 14.3. The molecule has 260 valence electrons. The Bertz CT molecular complexity index is 1810. The summed E-state index contributed by atoms with van der Waals surface area (Å²) >= 11 is 6.71. The Kier molecular flexibility index (Phi) is 11.9. The predicted molar refractivity (Wildman–Crippen MR) is 188 cm³/mol. The summed E-state index contributed by atoms with van der Waals surface area (Å²) in [6.07, 6.45) is -3.10. The third-order valence-electron chi connectivity index (χ3n) is 8.87. The molecule has 0 spiro atoms. The van der Waals surface area contributed by atoms with Crippen LogP contribution in [0, 0.1) is 5.82 Å². The number of methoxy groups -OCH3 is 1. The molecule has 0 saturated carbocycles. The van der Waals surface area contributed by atoms with E-state index in [4.69, 9.17) is 35.3 Å². The minimum Gasteiger partial charge on any atom is -0.505 e. The topological polar surface area (TPSA) is 86.6 Å². The van der Waals surface area contributed by atoms with Crippen LogP contribution >= 0.6 is 11.6 Å². The zero-order valence-corrected chi connectivity index (χ0v) is 28.4. The summed E-state index contributed by atoms with van der Waals surface area (Å²) in [5.41, 5.74) is 4.66. The summed E-state index contributed by atoms with van der Waals surface area (Å²) in [6, 6.07) is 38.9. The first-order valence-corrected chi connectivity index (χ1v) is 16.8. The van der Waals surface area contributed by atoms with Gasteiger partial charge in [-0.15, -0.1) is 0 Å². The van der Waals surface area contributed by atoms with Crippen LogP contribution in [0.5, 0.6) is 5.75 Å². The maximum absolute atomic E-state index is 14.3. The van der Waals surface area contributed by atoms with Crippen LogP contribution in [0.1, 0.15) is 33.4 Å². The first-order chi connectivity index (χ1) is 24.4. The third kappa shape index (κ3) is 8.25. The fourth-order valence-corrected chi connectivity index (χ4v) is 6.49. The lowest BCUT2D eigenvalue weighted by Gasteiger charge is -2.52. The fraction of sp³-hybridized carbons (Fsp3) is 0.268. The van der Waals surface area contributed by atoms with Crippen LogP contribution in [-0.4, -0.2) is 48.3 Å². The highest BCUT2D eigenvalue weighted by Gasteiger charge is 2.58. The number of aliphatic hydroxyl groups is 1. The Hall–Kier alpha value is -4.12. The highest BCUT2D eigenvalue weighted by atomic mass is 35.5. The van der Waals surface area contributed by atoms with Crippen LogP contribution < -0.4 is 0 Å². The molecule has 5 aromatic rings. The zero-order valence-electron chi connectivity index (χ0n) is 27.7. The first-order valence-electron chi connectivity index (χ1n) is 16.5. The van der Waals surface area contributed by atoms with Crippen molar-refractivity contribution in [3.63, 3.8) is 0 Å². The molecule has 7 nitrogen and oxygen atoms in total. The summed E-state index contributed by atoms with van der Waals surface area (Å²) in [5.74, 6) is -2.75. The number of phenols is 1. The molecule has 1 saturated heterocycles. The Balaban J connectivity index is 1.42. The SMILES string of the molecule is CO[C@@]1(c2ccc(Cl)c(Cc3ccc(O)c(F)c3)c2)O[C@H](CO)[C@@H](OCc2ccccc2)[C@H](OCc2ccccc2)[C@H]1OCc1ccccc1. The van der Waals surface area contributed by atoms with Gasteiger partial charge in [0.05, 0.1) is 26.4 Å². The van der Waals surface area contributed by atoms with Gasteiger partial charge in [0.25, 0.3) is 0 Å². The average Bonchev–Trinajstić information content (AvgIpc) is 3.15. The van der Waals surface area contributed by atoms with E-state index in [0.717, 1.165) is 16.7 Å². The molecule has 0 aromatic heterocycles. The van der Waals surface area contributed by atoms with Crippen molar-refractivity contribution >= 4 is 11.6 Å². The van der Waals surface area contributed by atoms with Gasteiger partial charge in [0.2, 0.25) is 5.79 Å². The van der Waals surface area contributed by atoms with Gasteiger partial charge < -0.3 is 33.9 Å². The lowest BCUT2D eigenvalue weighted by Crippen LogP contribution is -2.66. The normalized spacial score (nSPS) is 22.0. The zero-order chi connectivity index (χ0) is 34.9. The van der Waals surface area contributed by atoms with Crippen LogP contribution in [-0.2, 0) is 55.7 Å². The van der Waals surface area contributed by atoms with Crippen molar-refractivity contribution in [1.82, 2.24) is 0 Å². The lowest BCUT2D eigenvalue weighted by atomic mass is 9.86. The molecule has 1 fully saturated rings. The first kappa shape index (κ1) is 35.7. The highest BCUT2D eigenvalue weighted by Crippen LogP contribution is 2.44. The van der Waals surface area contributed by atoms with E-state index < -0.39 is 48.4 Å². The van der Waals surface area contributed by atoms with E-state index in [1.807, 2.05) is 97.1 Å². The minimum atomic E-state index is -1.60. The van der Waals surface area contributed by atoms with Gasteiger partial charge in [0, 0.05) is 17.7 Å². The minimum absolute atomic E-state index is 0.202. The molecule has 0 aliphatic carbocycles. The second kappa shape index (κ2) is 16.7. The summed E-state index contributed by atoms with van der Waals surface area (Å²) in [7, 11) is 1.52. The fourth-order valence-electron chi connectivity index (χ4n) is 6.30. The van der Waals surface area contributed by atoms with Crippen LogP contribution in [0.25, 0.3) is 0 Å². The van der Waals surface area contributed by atoms with E-state index in [-0.39, 0.29) is 26.2 Å². The number of phenolic OH excluding ortho intramolecular Hbond substituents is 1.